The molecule has 0 heterocycles. The third kappa shape index (κ3) is 14.1. The van der Waals surface area contributed by atoms with E-state index in [-0.39, 0.29) is 0 Å². The van der Waals surface area contributed by atoms with Gasteiger partial charge in [0.2, 0.25) is 0 Å². The van der Waals surface area contributed by atoms with Gasteiger partial charge in [-0.15, -0.1) is 0 Å². The van der Waals surface area contributed by atoms with Gasteiger partial charge < -0.3 is 15.2 Å². The zero-order chi connectivity index (χ0) is 22.1. The molecule has 0 aliphatic heterocycles. The minimum atomic E-state index is -5.15. The summed E-state index contributed by atoms with van der Waals surface area (Å²) in [6, 6.07) is -1.80. The largest absolute Gasteiger partial charge is 0.471 e. The maximum absolute atomic E-state index is 12.3. The predicted octanol–water partition coefficient (Wildman–Crippen LogP) is 4.82. The zero-order valence-electron chi connectivity index (χ0n) is 17.6. The Kier molecular flexibility index (Phi) is 15.4. The molecule has 0 saturated carbocycles. The number of unbranched alkanes of at least 4 members (excludes halogenated alkanes) is 11. The molecule has 0 aliphatic rings. The van der Waals surface area contributed by atoms with Crippen molar-refractivity contribution in [2.45, 2.75) is 102 Å². The van der Waals surface area contributed by atoms with Gasteiger partial charge in [0.05, 0.1) is 7.11 Å². The quantitative estimate of drug-likeness (QED) is 0.212. The maximum Gasteiger partial charge on any atom is 0.471 e. The molecular weight excluding hydrogens is 387 g/mol. The second kappa shape index (κ2) is 16.3. The number of ether oxygens (including phenoxy) is 1. The Bertz CT molecular complexity index is 481. The lowest BCUT2D eigenvalue weighted by molar-refractivity contribution is -0.176. The van der Waals surface area contributed by atoms with E-state index in [0.717, 1.165) is 26.4 Å². The highest BCUT2D eigenvalue weighted by Gasteiger charge is 2.42. The minimum Gasteiger partial charge on any atom is -0.467 e. The van der Waals surface area contributed by atoms with E-state index < -0.39 is 30.2 Å². The second-order valence-electron chi connectivity index (χ2n) is 7.22. The van der Waals surface area contributed by atoms with Gasteiger partial charge in [-0.05, 0) is 12.8 Å². The number of carbonyl (C=O) groups excluding carboxylic acids is 2. The number of carbonyl (C=O) groups is 2. The van der Waals surface area contributed by atoms with Crippen LogP contribution in [-0.2, 0) is 14.3 Å². The average molecular weight is 424 g/mol. The molecule has 0 radical (unpaired) electrons. The van der Waals surface area contributed by atoms with Crippen LogP contribution in [0.25, 0.3) is 0 Å². The molecule has 0 aromatic heterocycles. The molecule has 0 spiro atoms. The number of hydrogen-bond donors (Lipinski definition) is 2. The maximum atomic E-state index is 12.3. The van der Waals surface area contributed by atoms with Gasteiger partial charge >= 0.3 is 18.1 Å². The molecule has 0 unspecified atom stereocenters. The van der Waals surface area contributed by atoms with Crippen molar-refractivity contribution in [1.82, 2.24) is 5.32 Å². The van der Waals surface area contributed by atoms with E-state index in [9.17, 15) is 27.9 Å². The lowest BCUT2D eigenvalue weighted by atomic mass is 10.0. The number of aliphatic hydroxyl groups is 1. The number of esters is 1. The fraction of sp³-hybridized carbons (Fsp3) is 0.810. The molecule has 0 rings (SSSR count). The van der Waals surface area contributed by atoms with E-state index in [0.29, 0.717) is 6.42 Å². The average Bonchev–Trinajstić information content (AvgIpc) is 2.67. The summed E-state index contributed by atoms with van der Waals surface area (Å²) in [5.41, 5.74) is 0. The smallest absolute Gasteiger partial charge is 0.467 e. The van der Waals surface area contributed by atoms with Gasteiger partial charge in [0.15, 0.2) is 6.04 Å². The first-order chi connectivity index (χ1) is 13.7. The molecule has 29 heavy (non-hydrogen) atoms. The number of alkyl halides is 3. The van der Waals surface area contributed by atoms with Crippen LogP contribution < -0.4 is 5.32 Å². The Morgan fingerprint density at radius 2 is 1.45 bits per heavy atom. The normalized spacial score (nSPS) is 14.0. The van der Waals surface area contributed by atoms with Crippen molar-refractivity contribution in [2.24, 2.45) is 0 Å². The van der Waals surface area contributed by atoms with Crippen LogP contribution in [0.2, 0.25) is 0 Å². The van der Waals surface area contributed by atoms with Crippen molar-refractivity contribution >= 4 is 11.9 Å². The number of rotatable bonds is 16. The number of aliphatic hydroxyl groups excluding tert-OH is 1. The molecule has 170 valence electrons. The van der Waals surface area contributed by atoms with Crippen LogP contribution in [0.15, 0.2) is 12.2 Å². The second-order valence-corrected chi connectivity index (χ2v) is 7.22. The monoisotopic (exact) mass is 423 g/mol. The number of allylic oxidation sites excluding steroid dienone is 1. The summed E-state index contributed by atoms with van der Waals surface area (Å²) in [5.74, 6) is -3.44. The molecule has 5 nitrogen and oxygen atoms in total. The third-order valence-corrected chi connectivity index (χ3v) is 4.65. The Hall–Kier alpha value is -1.57. The van der Waals surface area contributed by atoms with E-state index in [1.165, 1.54) is 62.8 Å². The molecule has 0 saturated heterocycles. The lowest BCUT2D eigenvalue weighted by Gasteiger charge is -2.20. The Balaban J connectivity index is 4.02. The molecule has 0 aromatic rings. The Morgan fingerprint density at radius 3 is 1.90 bits per heavy atom. The van der Waals surface area contributed by atoms with Crippen LogP contribution in [0.1, 0.15) is 84.0 Å². The summed E-state index contributed by atoms with van der Waals surface area (Å²) in [6.45, 7) is 2.21. The Labute approximate surface area is 172 Å². The van der Waals surface area contributed by atoms with Crippen LogP contribution in [0.5, 0.6) is 0 Å². The standard InChI is InChI=1S/C21H36F3NO4/c1-3-4-5-6-7-8-9-10-11-12-13-14-15-16-17(26)18(19(27)29-2)25-20(28)21(22,23)24/h15-18,26H,3-14H2,1-2H3,(H,25,28)/b16-15+/t17-,18-/m1/s1. The third-order valence-electron chi connectivity index (χ3n) is 4.65. The van der Waals surface area contributed by atoms with E-state index in [1.54, 1.807) is 6.08 Å². The highest BCUT2D eigenvalue weighted by atomic mass is 19.4. The van der Waals surface area contributed by atoms with Crippen LogP contribution >= 0.6 is 0 Å². The van der Waals surface area contributed by atoms with Gasteiger partial charge in [-0.1, -0.05) is 83.3 Å². The molecular formula is C21H36F3NO4. The molecule has 8 heteroatoms. The summed E-state index contributed by atoms with van der Waals surface area (Å²) < 4.78 is 41.4. The van der Waals surface area contributed by atoms with Crippen LogP contribution in [0.4, 0.5) is 13.2 Å². The van der Waals surface area contributed by atoms with Crippen LogP contribution in [0, 0.1) is 0 Å². The number of hydrogen-bond acceptors (Lipinski definition) is 4. The minimum absolute atomic E-state index is 0.634. The molecule has 0 fully saturated rings. The topological polar surface area (TPSA) is 75.6 Å². The summed E-state index contributed by atoms with van der Waals surface area (Å²) in [4.78, 5) is 22.6. The molecule has 2 N–H and O–H groups in total. The first kappa shape index (κ1) is 27.4. The van der Waals surface area contributed by atoms with Crippen molar-refractivity contribution in [3.8, 4) is 0 Å². The molecule has 0 aliphatic carbocycles. The fourth-order valence-corrected chi connectivity index (χ4v) is 2.91. The van der Waals surface area contributed by atoms with Crippen LogP contribution in [-0.4, -0.2) is 42.4 Å². The number of methoxy groups -OCH3 is 1. The van der Waals surface area contributed by atoms with E-state index in [2.05, 4.69) is 11.7 Å². The molecule has 0 bridgehead atoms. The van der Waals surface area contributed by atoms with Gasteiger partial charge in [-0.25, -0.2) is 4.79 Å². The summed E-state index contributed by atoms with van der Waals surface area (Å²) >= 11 is 0. The van der Waals surface area contributed by atoms with Crippen LogP contribution in [0.3, 0.4) is 0 Å². The van der Waals surface area contributed by atoms with Crippen molar-refractivity contribution in [3.63, 3.8) is 0 Å². The summed E-state index contributed by atoms with van der Waals surface area (Å²) in [6.07, 6.45) is 9.97. The van der Waals surface area contributed by atoms with Crippen molar-refractivity contribution in [3.05, 3.63) is 12.2 Å². The van der Waals surface area contributed by atoms with E-state index in [1.807, 2.05) is 0 Å². The van der Waals surface area contributed by atoms with Gasteiger partial charge in [0, 0.05) is 0 Å². The Morgan fingerprint density at radius 1 is 0.966 bits per heavy atom. The van der Waals surface area contributed by atoms with Crippen molar-refractivity contribution < 1.29 is 32.6 Å². The van der Waals surface area contributed by atoms with E-state index >= 15 is 0 Å². The number of halogens is 3. The summed E-state index contributed by atoms with van der Waals surface area (Å²) in [7, 11) is 0.969. The van der Waals surface area contributed by atoms with Crippen molar-refractivity contribution in [1.29, 1.82) is 0 Å². The zero-order valence-corrected chi connectivity index (χ0v) is 17.6. The first-order valence-corrected chi connectivity index (χ1v) is 10.5. The number of nitrogens with one attached hydrogen (secondary N) is 1. The highest BCUT2D eigenvalue weighted by Crippen LogP contribution is 2.16. The molecule has 2 atom stereocenters. The summed E-state index contributed by atoms with van der Waals surface area (Å²) in [5, 5.41) is 11.4. The van der Waals surface area contributed by atoms with Gasteiger partial charge in [-0.3, -0.25) is 4.79 Å². The van der Waals surface area contributed by atoms with Gasteiger partial charge in [-0.2, -0.15) is 13.2 Å². The predicted molar refractivity (Wildman–Crippen MR) is 106 cm³/mol. The first-order valence-electron chi connectivity index (χ1n) is 10.5. The SMILES string of the molecule is CCCCCCCCCCCCC/C=C/[C@@H](O)[C@@H](NC(=O)C(F)(F)F)C(=O)OC. The van der Waals surface area contributed by atoms with Gasteiger partial charge in [0.25, 0.3) is 0 Å². The van der Waals surface area contributed by atoms with Gasteiger partial charge in [0.1, 0.15) is 6.10 Å². The van der Waals surface area contributed by atoms with Crippen molar-refractivity contribution in [2.75, 3.05) is 7.11 Å². The molecule has 1 amide bonds. The van der Waals surface area contributed by atoms with E-state index in [4.69, 9.17) is 0 Å². The molecule has 0 aromatic carbocycles. The fourth-order valence-electron chi connectivity index (χ4n) is 2.91. The lowest BCUT2D eigenvalue weighted by Crippen LogP contribution is -2.52. The number of amides is 1. The highest BCUT2D eigenvalue weighted by molar-refractivity contribution is 5.88.